The molecule has 1 aliphatic heterocycles. The first-order chi connectivity index (χ1) is 7.40. The Balaban J connectivity index is 2.45. The number of thiophene rings is 1. The second kappa shape index (κ2) is 3.74. The summed E-state index contributed by atoms with van der Waals surface area (Å²) >= 11 is 1.37. The molecule has 0 saturated heterocycles. The minimum absolute atomic E-state index is 0.129. The van der Waals surface area contributed by atoms with Gasteiger partial charge in [-0.15, -0.1) is 15.7 Å². The van der Waals surface area contributed by atoms with Crippen LogP contribution in [0.3, 0.4) is 0 Å². The highest BCUT2D eigenvalue weighted by atomic mass is 32.2. The van der Waals surface area contributed by atoms with Crippen molar-refractivity contribution < 1.29 is 8.42 Å². The van der Waals surface area contributed by atoms with Gasteiger partial charge in [-0.2, -0.15) is 8.42 Å². The summed E-state index contributed by atoms with van der Waals surface area (Å²) in [6.07, 6.45) is 0. The van der Waals surface area contributed by atoms with E-state index in [9.17, 15) is 8.42 Å². The lowest BCUT2D eigenvalue weighted by molar-refractivity contribution is 0.597. The van der Waals surface area contributed by atoms with Gasteiger partial charge in [0.15, 0.2) is 0 Å². The summed E-state index contributed by atoms with van der Waals surface area (Å²) in [5.74, 6) is 0.296. The Morgan fingerprint density at radius 1 is 1.50 bits per heavy atom. The maximum absolute atomic E-state index is 11.9. The molecule has 1 aromatic heterocycles. The number of sulfonamides is 1. The van der Waals surface area contributed by atoms with Crippen LogP contribution >= 0.6 is 11.3 Å². The maximum Gasteiger partial charge on any atom is 0.288 e. The molecule has 5 nitrogen and oxygen atoms in total. The van der Waals surface area contributed by atoms with E-state index in [0.717, 1.165) is 5.56 Å². The van der Waals surface area contributed by atoms with Crippen LogP contribution in [0.2, 0.25) is 0 Å². The minimum Gasteiger partial charge on any atom is -0.353 e. The van der Waals surface area contributed by atoms with Gasteiger partial charge in [0.2, 0.25) is 5.96 Å². The van der Waals surface area contributed by atoms with Crippen LogP contribution in [-0.2, 0) is 10.0 Å². The predicted molar refractivity (Wildman–Crippen MR) is 65.6 cm³/mol. The average molecular weight is 259 g/mol. The van der Waals surface area contributed by atoms with Crippen LogP contribution in [0, 0.1) is 6.92 Å². The zero-order valence-corrected chi connectivity index (χ0v) is 10.9. The molecule has 2 heterocycles. The summed E-state index contributed by atoms with van der Waals surface area (Å²) in [5.41, 5.74) is 0.736. The number of rotatable bonds is 1. The molecule has 0 radical (unpaired) electrons. The van der Waals surface area contributed by atoms with E-state index >= 15 is 0 Å². The maximum atomic E-state index is 11.9. The zero-order valence-electron chi connectivity index (χ0n) is 9.23. The molecule has 7 heteroatoms. The lowest BCUT2D eigenvalue weighted by atomic mass is 10.4. The van der Waals surface area contributed by atoms with Gasteiger partial charge in [-0.1, -0.05) is 0 Å². The molecule has 1 aliphatic rings. The Morgan fingerprint density at radius 2 is 2.19 bits per heavy atom. The van der Waals surface area contributed by atoms with Gasteiger partial charge in [-0.05, 0) is 31.7 Å². The molecule has 2 N–H and O–H groups in total. The van der Waals surface area contributed by atoms with Crippen LogP contribution in [0.15, 0.2) is 14.7 Å². The van der Waals surface area contributed by atoms with Gasteiger partial charge in [0.25, 0.3) is 10.0 Å². The molecule has 16 heavy (non-hydrogen) atoms. The van der Waals surface area contributed by atoms with Crippen molar-refractivity contribution in [2.24, 2.45) is 4.40 Å². The van der Waals surface area contributed by atoms with Gasteiger partial charge in [0, 0.05) is 6.04 Å². The Bertz CT molecular complexity index is 543. The molecular weight excluding hydrogens is 246 g/mol. The van der Waals surface area contributed by atoms with Crippen molar-refractivity contribution in [2.45, 2.75) is 31.7 Å². The van der Waals surface area contributed by atoms with Crippen molar-refractivity contribution >= 4 is 32.3 Å². The Labute approximate surface area is 98.6 Å². The van der Waals surface area contributed by atoms with Crippen LogP contribution < -0.4 is 10.6 Å². The van der Waals surface area contributed by atoms with Gasteiger partial charge in [0.1, 0.15) is 9.90 Å². The molecule has 0 fully saturated rings. The van der Waals surface area contributed by atoms with Crippen LogP contribution in [0.1, 0.15) is 19.4 Å². The summed E-state index contributed by atoms with van der Waals surface area (Å²) < 4.78 is 27.5. The van der Waals surface area contributed by atoms with E-state index in [1.165, 1.54) is 11.3 Å². The van der Waals surface area contributed by atoms with Gasteiger partial charge in [-0.25, -0.2) is 0 Å². The molecule has 1 aromatic rings. The number of hydrogen-bond donors (Lipinski definition) is 2. The highest BCUT2D eigenvalue weighted by molar-refractivity contribution is 7.90. The number of aryl methyl sites for hydroxylation is 1. The minimum atomic E-state index is -3.55. The highest BCUT2D eigenvalue weighted by Crippen LogP contribution is 2.35. The molecule has 88 valence electrons. The Kier molecular flexibility index (Phi) is 2.67. The topological polar surface area (TPSA) is 70.6 Å². The largest absolute Gasteiger partial charge is 0.353 e. The standard InChI is InChI=1S/C9H13N3O2S2/c1-5(2)10-9-11-8-7(6(3)4-15-8)16(13,14)12-9/h4-5H,1-3H3,(H2,10,11,12). The van der Waals surface area contributed by atoms with E-state index in [1.54, 1.807) is 6.92 Å². The predicted octanol–water partition coefficient (Wildman–Crippen LogP) is 1.52. The lowest BCUT2D eigenvalue weighted by Crippen LogP contribution is -2.38. The first kappa shape index (κ1) is 11.4. The quantitative estimate of drug-likeness (QED) is 0.802. The van der Waals surface area contributed by atoms with E-state index in [-0.39, 0.29) is 6.04 Å². The Hall–Kier alpha value is -1.08. The van der Waals surface area contributed by atoms with Crippen LogP contribution in [0.5, 0.6) is 0 Å². The second-order valence-corrected chi connectivity index (χ2v) is 6.34. The molecular formula is C9H13N3O2S2. The van der Waals surface area contributed by atoms with Crippen molar-refractivity contribution in [3.63, 3.8) is 0 Å². The monoisotopic (exact) mass is 259 g/mol. The van der Waals surface area contributed by atoms with Crippen LogP contribution in [0.4, 0.5) is 5.00 Å². The number of hydrogen-bond acceptors (Lipinski definition) is 5. The highest BCUT2D eigenvalue weighted by Gasteiger charge is 2.28. The van der Waals surface area contributed by atoms with Crippen molar-refractivity contribution in [1.29, 1.82) is 0 Å². The van der Waals surface area contributed by atoms with Crippen LogP contribution in [0.25, 0.3) is 0 Å². The zero-order chi connectivity index (χ0) is 11.9. The van der Waals surface area contributed by atoms with Crippen molar-refractivity contribution in [2.75, 3.05) is 5.32 Å². The van der Waals surface area contributed by atoms with Gasteiger partial charge >= 0.3 is 0 Å². The molecule has 0 spiro atoms. The van der Waals surface area contributed by atoms with Gasteiger partial charge < -0.3 is 10.6 Å². The van der Waals surface area contributed by atoms with Crippen molar-refractivity contribution in [3.8, 4) is 0 Å². The molecule has 0 saturated carbocycles. The number of guanidine groups is 1. The molecule has 0 aliphatic carbocycles. The van der Waals surface area contributed by atoms with E-state index in [2.05, 4.69) is 15.0 Å². The molecule has 0 amide bonds. The number of nitrogens with one attached hydrogen (secondary N) is 2. The normalized spacial score (nSPS) is 17.6. The first-order valence-corrected chi connectivity index (χ1v) is 7.19. The third kappa shape index (κ3) is 1.92. The van der Waals surface area contributed by atoms with E-state index in [0.29, 0.717) is 15.9 Å². The second-order valence-electron chi connectivity index (χ2n) is 3.92. The van der Waals surface area contributed by atoms with E-state index in [1.807, 2.05) is 19.2 Å². The average Bonchev–Trinajstić information content (AvgIpc) is 2.45. The smallest absolute Gasteiger partial charge is 0.288 e. The fourth-order valence-electron chi connectivity index (χ4n) is 1.47. The SMILES string of the molecule is Cc1csc2c1S(=O)(=O)N=C(NC(C)C)N2. The summed E-state index contributed by atoms with van der Waals surface area (Å²) in [6, 6.07) is 0.129. The van der Waals surface area contributed by atoms with Crippen molar-refractivity contribution in [3.05, 3.63) is 10.9 Å². The number of fused-ring (bicyclic) bond motifs is 1. The third-order valence-electron chi connectivity index (χ3n) is 2.04. The molecule has 0 aromatic carbocycles. The lowest BCUT2D eigenvalue weighted by Gasteiger charge is -2.18. The summed E-state index contributed by atoms with van der Waals surface area (Å²) in [6.45, 7) is 5.61. The molecule has 2 rings (SSSR count). The summed E-state index contributed by atoms with van der Waals surface area (Å²) in [7, 11) is -3.55. The number of anilines is 1. The molecule has 0 bridgehead atoms. The first-order valence-electron chi connectivity index (χ1n) is 4.87. The number of nitrogens with zero attached hydrogens (tertiary/aromatic N) is 1. The third-order valence-corrected chi connectivity index (χ3v) is 4.65. The van der Waals surface area contributed by atoms with E-state index < -0.39 is 10.0 Å². The fraction of sp³-hybridized carbons (Fsp3) is 0.444. The summed E-state index contributed by atoms with van der Waals surface area (Å²) in [5, 5.41) is 8.38. The molecule has 0 unspecified atom stereocenters. The Morgan fingerprint density at radius 3 is 2.81 bits per heavy atom. The summed E-state index contributed by atoms with van der Waals surface area (Å²) in [4.78, 5) is 0.298. The van der Waals surface area contributed by atoms with Gasteiger partial charge in [-0.3, -0.25) is 0 Å². The van der Waals surface area contributed by atoms with E-state index in [4.69, 9.17) is 0 Å². The fourth-order valence-corrected chi connectivity index (χ4v) is 4.02. The molecule has 0 atom stereocenters. The van der Waals surface area contributed by atoms with Gasteiger partial charge in [0.05, 0.1) is 0 Å². The van der Waals surface area contributed by atoms with Crippen molar-refractivity contribution in [1.82, 2.24) is 5.32 Å². The van der Waals surface area contributed by atoms with Crippen LogP contribution in [-0.4, -0.2) is 20.4 Å².